The molecular formula is C9H7F2NOS. The first-order chi connectivity index (χ1) is 6.59. The van der Waals surface area contributed by atoms with Gasteiger partial charge in [-0.3, -0.25) is 0 Å². The maximum Gasteiger partial charge on any atom is 0.267 e. The van der Waals surface area contributed by atoms with Crippen LogP contribution < -0.4 is 5.73 Å². The number of hydrogen-bond donors (Lipinski definition) is 2. The number of fused-ring (bicyclic) bond motifs is 1. The Labute approximate surface area is 82.6 Å². The van der Waals surface area contributed by atoms with E-state index in [4.69, 9.17) is 10.8 Å². The summed E-state index contributed by atoms with van der Waals surface area (Å²) < 4.78 is 25.7. The summed E-state index contributed by atoms with van der Waals surface area (Å²) in [5.74, 6) is 0.0552. The van der Waals surface area contributed by atoms with Crippen molar-refractivity contribution in [3.8, 4) is 5.75 Å². The Kier molecular flexibility index (Phi) is 2.03. The predicted octanol–water partition coefficient (Wildman–Crippen LogP) is 3.13. The number of hydrogen-bond acceptors (Lipinski definition) is 3. The highest BCUT2D eigenvalue weighted by atomic mass is 32.1. The van der Waals surface area contributed by atoms with E-state index >= 15 is 0 Å². The van der Waals surface area contributed by atoms with Crippen LogP contribution in [0.2, 0.25) is 0 Å². The average Bonchev–Trinajstić information content (AvgIpc) is 2.39. The Hall–Kier alpha value is -1.36. The fourth-order valence-electron chi connectivity index (χ4n) is 1.35. The zero-order valence-corrected chi connectivity index (χ0v) is 7.81. The van der Waals surface area contributed by atoms with Crippen LogP contribution in [0.1, 0.15) is 12.0 Å². The molecule has 0 saturated heterocycles. The second-order valence-corrected chi connectivity index (χ2v) is 3.94. The molecule has 2 aromatic rings. The highest BCUT2D eigenvalue weighted by Crippen LogP contribution is 2.40. The lowest BCUT2D eigenvalue weighted by Gasteiger charge is -1.98. The minimum Gasteiger partial charge on any atom is -0.508 e. The van der Waals surface area contributed by atoms with Crippen molar-refractivity contribution in [2.75, 3.05) is 5.73 Å². The van der Waals surface area contributed by atoms with Crippen molar-refractivity contribution in [2.45, 2.75) is 6.43 Å². The van der Waals surface area contributed by atoms with Crippen LogP contribution in [0.15, 0.2) is 18.2 Å². The molecule has 74 valence electrons. The maximum atomic E-state index is 12.6. The highest BCUT2D eigenvalue weighted by Gasteiger charge is 2.18. The number of phenols is 1. The highest BCUT2D eigenvalue weighted by molar-refractivity contribution is 7.22. The number of nitrogen functional groups attached to an aromatic ring is 1. The van der Waals surface area contributed by atoms with Crippen LogP contribution >= 0.6 is 11.3 Å². The Morgan fingerprint density at radius 3 is 2.71 bits per heavy atom. The Bertz CT molecular complexity index is 481. The molecule has 0 aliphatic rings. The fourth-order valence-corrected chi connectivity index (χ4v) is 2.36. The van der Waals surface area contributed by atoms with Crippen LogP contribution in [0.25, 0.3) is 10.1 Å². The van der Waals surface area contributed by atoms with E-state index in [2.05, 4.69) is 0 Å². The molecule has 2 rings (SSSR count). The van der Waals surface area contributed by atoms with Crippen molar-refractivity contribution in [3.63, 3.8) is 0 Å². The van der Waals surface area contributed by atoms with Gasteiger partial charge in [-0.05, 0) is 18.2 Å². The first-order valence-corrected chi connectivity index (χ1v) is 4.70. The normalized spacial score (nSPS) is 11.4. The van der Waals surface area contributed by atoms with E-state index in [1.54, 1.807) is 0 Å². The van der Waals surface area contributed by atoms with E-state index in [0.29, 0.717) is 10.1 Å². The van der Waals surface area contributed by atoms with Crippen LogP contribution in [0.4, 0.5) is 13.8 Å². The second-order valence-electron chi connectivity index (χ2n) is 2.86. The topological polar surface area (TPSA) is 46.2 Å². The minimum absolute atomic E-state index is 0.0552. The molecule has 5 heteroatoms. The third-order valence-corrected chi connectivity index (χ3v) is 2.96. The van der Waals surface area contributed by atoms with Gasteiger partial charge >= 0.3 is 0 Å². The molecule has 3 N–H and O–H groups in total. The van der Waals surface area contributed by atoms with Gasteiger partial charge in [-0.15, -0.1) is 11.3 Å². The Morgan fingerprint density at radius 2 is 2.07 bits per heavy atom. The molecule has 0 aliphatic heterocycles. The summed E-state index contributed by atoms with van der Waals surface area (Å²) in [4.78, 5) is 0. The van der Waals surface area contributed by atoms with Crippen molar-refractivity contribution in [2.24, 2.45) is 0 Å². The zero-order chi connectivity index (χ0) is 10.3. The van der Waals surface area contributed by atoms with Crippen LogP contribution in [0.3, 0.4) is 0 Å². The first kappa shape index (κ1) is 9.21. The molecule has 0 amide bonds. The number of aromatic hydroxyl groups is 1. The number of halogens is 2. The molecule has 1 aromatic carbocycles. The number of thiophene rings is 1. The van der Waals surface area contributed by atoms with Gasteiger partial charge in [0.2, 0.25) is 0 Å². The van der Waals surface area contributed by atoms with Gasteiger partial charge in [0.15, 0.2) is 0 Å². The molecule has 0 fully saturated rings. The number of benzene rings is 1. The molecule has 0 spiro atoms. The van der Waals surface area contributed by atoms with Crippen LogP contribution in [0.5, 0.6) is 5.75 Å². The van der Waals surface area contributed by atoms with Crippen LogP contribution in [-0.4, -0.2) is 5.11 Å². The largest absolute Gasteiger partial charge is 0.508 e. The zero-order valence-electron chi connectivity index (χ0n) is 7.00. The molecule has 0 saturated carbocycles. The smallest absolute Gasteiger partial charge is 0.267 e. The molecule has 0 aliphatic carbocycles. The summed E-state index contributed by atoms with van der Waals surface area (Å²) >= 11 is 1.06. The molecule has 14 heavy (non-hydrogen) atoms. The van der Waals surface area contributed by atoms with Gasteiger partial charge in [-0.1, -0.05) is 0 Å². The lowest BCUT2D eigenvalue weighted by atomic mass is 10.1. The van der Waals surface area contributed by atoms with Gasteiger partial charge in [-0.2, -0.15) is 0 Å². The molecule has 0 radical (unpaired) electrons. The Balaban J connectivity index is 2.77. The van der Waals surface area contributed by atoms with Gasteiger partial charge in [0.1, 0.15) is 5.75 Å². The molecule has 0 bridgehead atoms. The van der Waals surface area contributed by atoms with Crippen LogP contribution in [-0.2, 0) is 0 Å². The molecule has 1 heterocycles. The monoisotopic (exact) mass is 215 g/mol. The minimum atomic E-state index is -2.58. The summed E-state index contributed by atoms with van der Waals surface area (Å²) in [6, 6.07) is 4.27. The standard InChI is InChI=1S/C9H7F2NOS/c10-8(11)7-5-2-1-4(13)3-6(5)14-9(7)12/h1-3,8,13H,12H2. The summed E-state index contributed by atoms with van der Waals surface area (Å²) in [5, 5.41) is 9.68. The van der Waals surface area contributed by atoms with Crippen molar-refractivity contribution < 1.29 is 13.9 Å². The first-order valence-electron chi connectivity index (χ1n) is 3.88. The fraction of sp³-hybridized carbons (Fsp3) is 0.111. The summed E-state index contributed by atoms with van der Waals surface area (Å²) in [7, 11) is 0. The van der Waals surface area contributed by atoms with Crippen molar-refractivity contribution >= 4 is 26.4 Å². The molecule has 0 atom stereocenters. The number of phenolic OH excluding ortho intramolecular Hbond substituents is 1. The van der Waals surface area contributed by atoms with E-state index in [9.17, 15) is 8.78 Å². The third-order valence-electron chi connectivity index (χ3n) is 1.96. The van der Waals surface area contributed by atoms with Gasteiger partial charge in [-0.25, -0.2) is 8.78 Å². The summed E-state index contributed by atoms with van der Waals surface area (Å²) in [6.07, 6.45) is -2.58. The van der Waals surface area contributed by atoms with E-state index in [1.807, 2.05) is 0 Å². The quantitative estimate of drug-likeness (QED) is 0.767. The molecule has 2 nitrogen and oxygen atoms in total. The molecule has 1 aromatic heterocycles. The molecular weight excluding hydrogens is 208 g/mol. The van der Waals surface area contributed by atoms with Crippen molar-refractivity contribution in [1.82, 2.24) is 0 Å². The van der Waals surface area contributed by atoms with E-state index in [0.717, 1.165) is 11.3 Å². The maximum absolute atomic E-state index is 12.6. The SMILES string of the molecule is Nc1sc2cc(O)ccc2c1C(F)F. The lowest BCUT2D eigenvalue weighted by Crippen LogP contribution is -1.88. The number of anilines is 1. The Morgan fingerprint density at radius 1 is 1.36 bits per heavy atom. The van der Waals surface area contributed by atoms with Crippen molar-refractivity contribution in [3.05, 3.63) is 23.8 Å². The van der Waals surface area contributed by atoms with E-state index in [1.165, 1.54) is 18.2 Å². The average molecular weight is 215 g/mol. The van der Waals surface area contributed by atoms with Crippen LogP contribution in [0, 0.1) is 0 Å². The summed E-state index contributed by atoms with van der Waals surface area (Å²) in [5.41, 5.74) is 5.33. The second kappa shape index (κ2) is 3.09. The van der Waals surface area contributed by atoms with Gasteiger partial charge in [0.05, 0.1) is 10.6 Å². The lowest BCUT2D eigenvalue weighted by molar-refractivity contribution is 0.154. The molecule has 0 unspecified atom stereocenters. The number of rotatable bonds is 1. The van der Waals surface area contributed by atoms with Crippen molar-refractivity contribution in [1.29, 1.82) is 0 Å². The summed E-state index contributed by atoms with van der Waals surface area (Å²) in [6.45, 7) is 0. The van der Waals surface area contributed by atoms with Gasteiger partial charge in [0, 0.05) is 10.1 Å². The predicted molar refractivity (Wildman–Crippen MR) is 52.9 cm³/mol. The van der Waals surface area contributed by atoms with E-state index in [-0.39, 0.29) is 16.3 Å². The third kappa shape index (κ3) is 1.29. The number of nitrogens with two attached hydrogens (primary N) is 1. The van der Waals surface area contributed by atoms with E-state index < -0.39 is 6.43 Å². The number of alkyl halides is 2. The van der Waals surface area contributed by atoms with Gasteiger partial charge in [0.25, 0.3) is 6.43 Å². The van der Waals surface area contributed by atoms with Gasteiger partial charge < -0.3 is 10.8 Å².